The van der Waals surface area contributed by atoms with Crippen LogP contribution in [0.2, 0.25) is 0 Å². The fraction of sp³-hybridized carbons (Fsp3) is 0.333. The number of hydrazine groups is 1. The van der Waals surface area contributed by atoms with Crippen molar-refractivity contribution < 1.29 is 14.3 Å². The van der Waals surface area contributed by atoms with Crippen LogP contribution in [0.4, 0.5) is 0 Å². The van der Waals surface area contributed by atoms with Gasteiger partial charge >= 0.3 is 0 Å². The van der Waals surface area contributed by atoms with Gasteiger partial charge in [0, 0.05) is 24.6 Å². The zero-order valence-electron chi connectivity index (χ0n) is 11.8. The fourth-order valence-corrected chi connectivity index (χ4v) is 2.55. The molecule has 1 aliphatic heterocycles. The summed E-state index contributed by atoms with van der Waals surface area (Å²) < 4.78 is 7.05. The lowest BCUT2D eigenvalue weighted by Crippen LogP contribution is -2.46. The molecule has 0 saturated carbocycles. The highest BCUT2D eigenvalue weighted by Gasteiger charge is 2.24. The number of benzene rings is 1. The fourth-order valence-electron chi connectivity index (χ4n) is 2.55. The predicted molar refractivity (Wildman–Crippen MR) is 77.5 cm³/mol. The predicted octanol–water partition coefficient (Wildman–Crippen LogP) is 1.12. The number of rotatable bonds is 2. The van der Waals surface area contributed by atoms with Crippen LogP contribution >= 0.6 is 0 Å². The van der Waals surface area contributed by atoms with Crippen LogP contribution in [0.15, 0.2) is 30.3 Å². The lowest BCUT2D eigenvalue weighted by atomic mass is 10.2. The molecule has 1 unspecified atom stereocenters. The number of hydrogen-bond acceptors (Lipinski definition) is 3. The van der Waals surface area contributed by atoms with Gasteiger partial charge in [0.1, 0.15) is 11.8 Å². The summed E-state index contributed by atoms with van der Waals surface area (Å²) in [4.78, 5) is 23.9. The van der Waals surface area contributed by atoms with Gasteiger partial charge in [0.05, 0.1) is 0 Å². The molecule has 1 atom stereocenters. The minimum absolute atomic E-state index is 0.306. The number of aromatic nitrogens is 1. The molecule has 2 amide bonds. The first-order valence-electron chi connectivity index (χ1n) is 6.93. The van der Waals surface area contributed by atoms with Gasteiger partial charge in [0.2, 0.25) is 0 Å². The van der Waals surface area contributed by atoms with Gasteiger partial charge < -0.3 is 9.30 Å². The molecule has 1 aromatic heterocycles. The number of nitrogens with zero attached hydrogens (tertiary/aromatic N) is 1. The summed E-state index contributed by atoms with van der Waals surface area (Å²) in [6.45, 7) is 0.592. The second kappa shape index (κ2) is 5.57. The van der Waals surface area contributed by atoms with Crippen LogP contribution in [0.3, 0.4) is 0 Å². The minimum atomic E-state index is -0.460. The Balaban J connectivity index is 1.69. The van der Waals surface area contributed by atoms with Gasteiger partial charge in [-0.05, 0) is 25.0 Å². The summed E-state index contributed by atoms with van der Waals surface area (Å²) in [5.74, 6) is -0.653. The Labute approximate surface area is 122 Å². The molecule has 6 heteroatoms. The molecule has 110 valence electrons. The Morgan fingerprint density at radius 2 is 2.10 bits per heavy atom. The van der Waals surface area contributed by atoms with E-state index in [2.05, 4.69) is 10.9 Å². The molecule has 3 rings (SSSR count). The highest BCUT2D eigenvalue weighted by atomic mass is 16.5. The summed E-state index contributed by atoms with van der Waals surface area (Å²) >= 11 is 0. The first-order valence-corrected chi connectivity index (χ1v) is 6.93. The van der Waals surface area contributed by atoms with Gasteiger partial charge in [0.15, 0.2) is 0 Å². The number of para-hydroxylation sites is 1. The molecule has 1 aromatic carbocycles. The molecule has 0 bridgehead atoms. The highest BCUT2D eigenvalue weighted by Crippen LogP contribution is 2.18. The van der Waals surface area contributed by atoms with Crippen molar-refractivity contribution in [2.45, 2.75) is 18.9 Å². The third kappa shape index (κ3) is 2.62. The third-order valence-corrected chi connectivity index (χ3v) is 3.71. The smallest absolute Gasteiger partial charge is 0.286 e. The standard InChI is InChI=1S/C15H17N3O3/c1-18-11-6-3-2-5-10(11)9-12(18)14(19)16-17-15(20)13-7-4-8-21-13/h2-3,5-6,9,13H,4,7-8H2,1H3,(H,16,19)(H,17,20). The van der Waals surface area contributed by atoms with Crippen molar-refractivity contribution in [3.05, 3.63) is 36.0 Å². The zero-order valence-corrected chi connectivity index (χ0v) is 11.8. The first kappa shape index (κ1) is 13.6. The van der Waals surface area contributed by atoms with Crippen LogP contribution in [-0.2, 0) is 16.6 Å². The monoisotopic (exact) mass is 287 g/mol. The topological polar surface area (TPSA) is 72.4 Å². The number of fused-ring (bicyclic) bond motifs is 1. The second-order valence-electron chi connectivity index (χ2n) is 5.09. The van der Waals surface area contributed by atoms with Crippen LogP contribution in [0.5, 0.6) is 0 Å². The number of carbonyl (C=O) groups excluding carboxylic acids is 2. The summed E-state index contributed by atoms with van der Waals surface area (Å²) in [5.41, 5.74) is 6.31. The molecule has 0 spiro atoms. The molecule has 2 heterocycles. The van der Waals surface area contributed by atoms with E-state index < -0.39 is 6.10 Å². The molecule has 6 nitrogen and oxygen atoms in total. The summed E-state index contributed by atoms with van der Waals surface area (Å²) in [6, 6.07) is 9.52. The van der Waals surface area contributed by atoms with Crippen molar-refractivity contribution in [2.75, 3.05) is 6.61 Å². The van der Waals surface area contributed by atoms with Crippen LogP contribution in [0.1, 0.15) is 23.3 Å². The van der Waals surface area contributed by atoms with E-state index in [0.29, 0.717) is 18.7 Å². The minimum Gasteiger partial charge on any atom is -0.368 e. The molecule has 0 aliphatic carbocycles. The summed E-state index contributed by atoms with van der Waals surface area (Å²) in [5, 5.41) is 0.982. The number of ether oxygens (including phenoxy) is 1. The number of carbonyl (C=O) groups is 2. The van der Waals surface area contributed by atoms with E-state index in [-0.39, 0.29) is 11.8 Å². The molecule has 1 saturated heterocycles. The molecular weight excluding hydrogens is 270 g/mol. The average Bonchev–Trinajstić information content (AvgIpc) is 3.13. The lowest BCUT2D eigenvalue weighted by Gasteiger charge is -2.11. The van der Waals surface area contributed by atoms with Crippen LogP contribution in [0.25, 0.3) is 10.9 Å². The van der Waals surface area contributed by atoms with Crippen molar-refractivity contribution in [3.63, 3.8) is 0 Å². The van der Waals surface area contributed by atoms with Gasteiger partial charge in [-0.2, -0.15) is 0 Å². The quantitative estimate of drug-likeness (QED) is 0.813. The molecule has 1 fully saturated rings. The van der Waals surface area contributed by atoms with Gasteiger partial charge in [-0.1, -0.05) is 18.2 Å². The van der Waals surface area contributed by atoms with Crippen molar-refractivity contribution in [1.82, 2.24) is 15.4 Å². The number of amides is 2. The average molecular weight is 287 g/mol. The largest absolute Gasteiger partial charge is 0.368 e. The first-order chi connectivity index (χ1) is 10.2. The highest BCUT2D eigenvalue weighted by molar-refractivity contribution is 5.99. The Hall–Kier alpha value is -2.34. The molecule has 0 radical (unpaired) electrons. The van der Waals surface area contributed by atoms with E-state index in [0.717, 1.165) is 17.3 Å². The van der Waals surface area contributed by atoms with Gasteiger partial charge in [-0.25, -0.2) is 0 Å². The third-order valence-electron chi connectivity index (χ3n) is 3.71. The maximum absolute atomic E-state index is 12.2. The van der Waals surface area contributed by atoms with Gasteiger partial charge in [0.25, 0.3) is 11.8 Å². The van der Waals surface area contributed by atoms with Gasteiger partial charge in [-0.3, -0.25) is 20.4 Å². The zero-order chi connectivity index (χ0) is 14.8. The van der Waals surface area contributed by atoms with E-state index in [1.54, 1.807) is 10.6 Å². The van der Waals surface area contributed by atoms with Crippen LogP contribution in [-0.4, -0.2) is 29.1 Å². The molecular formula is C15H17N3O3. The van der Waals surface area contributed by atoms with E-state index in [1.165, 1.54) is 0 Å². The second-order valence-corrected chi connectivity index (χ2v) is 5.09. The van der Waals surface area contributed by atoms with E-state index in [9.17, 15) is 9.59 Å². The van der Waals surface area contributed by atoms with Crippen LogP contribution in [0, 0.1) is 0 Å². The number of nitrogens with one attached hydrogen (secondary N) is 2. The normalized spacial score (nSPS) is 17.9. The summed E-state index contributed by atoms with van der Waals surface area (Å²) in [6.07, 6.45) is 1.10. The maximum atomic E-state index is 12.2. The van der Waals surface area contributed by atoms with Crippen molar-refractivity contribution in [2.24, 2.45) is 7.05 Å². The maximum Gasteiger partial charge on any atom is 0.286 e. The number of aryl methyl sites for hydroxylation is 1. The Morgan fingerprint density at radius 3 is 2.81 bits per heavy atom. The molecule has 2 N–H and O–H groups in total. The van der Waals surface area contributed by atoms with Crippen molar-refractivity contribution in [1.29, 1.82) is 0 Å². The van der Waals surface area contributed by atoms with Crippen molar-refractivity contribution in [3.8, 4) is 0 Å². The summed E-state index contributed by atoms with van der Waals surface area (Å²) in [7, 11) is 1.82. The van der Waals surface area contributed by atoms with Crippen molar-refractivity contribution >= 4 is 22.7 Å². The van der Waals surface area contributed by atoms with E-state index >= 15 is 0 Å². The Bertz CT molecular complexity index is 687. The van der Waals surface area contributed by atoms with Gasteiger partial charge in [-0.15, -0.1) is 0 Å². The van der Waals surface area contributed by atoms with E-state index in [1.807, 2.05) is 31.3 Å². The molecule has 1 aliphatic rings. The van der Waals surface area contributed by atoms with E-state index in [4.69, 9.17) is 4.74 Å². The number of hydrogen-bond donors (Lipinski definition) is 2. The lowest BCUT2D eigenvalue weighted by molar-refractivity contribution is -0.130. The Kier molecular flexibility index (Phi) is 3.62. The Morgan fingerprint density at radius 1 is 1.29 bits per heavy atom. The molecule has 2 aromatic rings. The molecule has 21 heavy (non-hydrogen) atoms. The SMILES string of the molecule is Cn1c(C(=O)NNC(=O)C2CCCO2)cc2ccccc21. The van der Waals surface area contributed by atoms with Crippen LogP contribution < -0.4 is 10.9 Å².